The lowest BCUT2D eigenvalue weighted by Crippen LogP contribution is -2.54. The molecule has 1 saturated heterocycles. The first-order valence-electron chi connectivity index (χ1n) is 8.25. The van der Waals surface area contributed by atoms with Crippen molar-refractivity contribution in [1.29, 1.82) is 0 Å². The number of guanidine groups is 1. The molecule has 2 fully saturated rings. The Morgan fingerprint density at radius 2 is 1.92 bits per heavy atom. The van der Waals surface area contributed by atoms with Crippen molar-refractivity contribution in [3.63, 3.8) is 0 Å². The van der Waals surface area contributed by atoms with E-state index in [1.54, 1.807) is 24.1 Å². The van der Waals surface area contributed by atoms with Crippen LogP contribution in [0.3, 0.4) is 0 Å². The third-order valence-electron chi connectivity index (χ3n) is 4.16. The van der Waals surface area contributed by atoms with Gasteiger partial charge < -0.3 is 24.9 Å². The van der Waals surface area contributed by atoms with Crippen molar-refractivity contribution in [2.75, 3.05) is 39.8 Å². The zero-order valence-corrected chi connectivity index (χ0v) is 16.6. The van der Waals surface area contributed by atoms with Crippen LogP contribution in [0.4, 0.5) is 0 Å². The molecule has 2 amide bonds. The number of carbonyl (C=O) groups is 2. The highest BCUT2D eigenvalue weighted by molar-refractivity contribution is 14.0. The molecular formula is C16H24IN5O3. The van der Waals surface area contributed by atoms with E-state index in [-0.39, 0.29) is 42.3 Å². The first-order chi connectivity index (χ1) is 11.7. The maximum atomic E-state index is 12.2. The summed E-state index contributed by atoms with van der Waals surface area (Å²) >= 11 is 0. The second-order valence-corrected chi connectivity index (χ2v) is 6.00. The van der Waals surface area contributed by atoms with E-state index < -0.39 is 0 Å². The SMILES string of the molecule is CN=C(NCC(=O)NC1CC1)N1CCN(C(=O)c2ccco2)CC1.I. The standard InChI is InChI=1S/C16H23N5O3.HI/c1-17-16(18-11-14(22)19-12-4-5-12)21-8-6-20(7-9-21)15(23)13-3-2-10-24-13;/h2-3,10,12H,4-9,11H2,1H3,(H,17,18)(H,19,22);1H. The number of aliphatic imine (C=N–C) groups is 1. The fourth-order valence-electron chi connectivity index (χ4n) is 2.68. The van der Waals surface area contributed by atoms with Gasteiger partial charge in [0.15, 0.2) is 11.7 Å². The van der Waals surface area contributed by atoms with E-state index in [1.165, 1.54) is 6.26 Å². The number of carbonyl (C=O) groups excluding carboxylic acids is 2. The molecule has 0 spiro atoms. The van der Waals surface area contributed by atoms with Crippen LogP contribution in [-0.2, 0) is 4.79 Å². The first kappa shape index (κ1) is 19.5. The third kappa shape index (κ3) is 5.35. The fourth-order valence-corrected chi connectivity index (χ4v) is 2.68. The van der Waals surface area contributed by atoms with E-state index in [9.17, 15) is 9.59 Å². The monoisotopic (exact) mass is 461 g/mol. The Bertz CT molecular complexity index is 607. The van der Waals surface area contributed by atoms with Gasteiger partial charge >= 0.3 is 0 Å². The average Bonchev–Trinajstić information content (AvgIpc) is 3.24. The molecule has 1 aliphatic carbocycles. The number of halogens is 1. The molecule has 9 heteroatoms. The lowest BCUT2D eigenvalue weighted by atomic mass is 10.3. The number of hydrogen-bond acceptors (Lipinski definition) is 4. The van der Waals surface area contributed by atoms with Crippen molar-refractivity contribution in [1.82, 2.24) is 20.4 Å². The van der Waals surface area contributed by atoms with E-state index in [2.05, 4.69) is 20.5 Å². The Kier molecular flexibility index (Phi) is 7.09. The zero-order chi connectivity index (χ0) is 16.9. The van der Waals surface area contributed by atoms with Gasteiger partial charge in [-0.2, -0.15) is 0 Å². The minimum atomic E-state index is -0.0913. The van der Waals surface area contributed by atoms with Crippen LogP contribution in [0, 0.1) is 0 Å². The lowest BCUT2D eigenvalue weighted by Gasteiger charge is -2.36. The summed E-state index contributed by atoms with van der Waals surface area (Å²) in [6, 6.07) is 3.74. The van der Waals surface area contributed by atoms with Crippen molar-refractivity contribution in [2.45, 2.75) is 18.9 Å². The Morgan fingerprint density at radius 1 is 1.24 bits per heavy atom. The summed E-state index contributed by atoms with van der Waals surface area (Å²) in [5.74, 6) is 0.949. The number of piperazine rings is 1. The lowest BCUT2D eigenvalue weighted by molar-refractivity contribution is -0.120. The van der Waals surface area contributed by atoms with Crippen LogP contribution in [0.15, 0.2) is 27.8 Å². The van der Waals surface area contributed by atoms with Crippen LogP contribution in [0.5, 0.6) is 0 Å². The quantitative estimate of drug-likeness (QED) is 0.388. The van der Waals surface area contributed by atoms with Gasteiger partial charge in [0.05, 0.1) is 12.8 Å². The summed E-state index contributed by atoms with van der Waals surface area (Å²) in [6.07, 6.45) is 3.65. The highest BCUT2D eigenvalue weighted by Crippen LogP contribution is 2.18. The number of rotatable bonds is 4. The van der Waals surface area contributed by atoms with Crippen molar-refractivity contribution in [3.8, 4) is 0 Å². The molecule has 0 unspecified atom stereocenters. The van der Waals surface area contributed by atoms with Crippen LogP contribution in [0.1, 0.15) is 23.4 Å². The third-order valence-corrected chi connectivity index (χ3v) is 4.16. The molecule has 0 bridgehead atoms. The van der Waals surface area contributed by atoms with Crippen LogP contribution in [-0.4, -0.2) is 73.4 Å². The Morgan fingerprint density at radius 3 is 2.48 bits per heavy atom. The van der Waals surface area contributed by atoms with Gasteiger partial charge in [0.2, 0.25) is 5.91 Å². The number of nitrogens with zero attached hydrogens (tertiary/aromatic N) is 3. The molecule has 1 saturated carbocycles. The molecule has 138 valence electrons. The van der Waals surface area contributed by atoms with E-state index >= 15 is 0 Å². The van der Waals surface area contributed by atoms with E-state index in [1.807, 2.05) is 0 Å². The maximum absolute atomic E-state index is 12.2. The molecule has 2 aliphatic rings. The molecule has 0 aromatic carbocycles. The fraction of sp³-hybridized carbons (Fsp3) is 0.562. The highest BCUT2D eigenvalue weighted by atomic mass is 127. The number of furan rings is 1. The van der Waals surface area contributed by atoms with Crippen LogP contribution in [0.2, 0.25) is 0 Å². The number of hydrogen-bond donors (Lipinski definition) is 2. The molecule has 25 heavy (non-hydrogen) atoms. The van der Waals surface area contributed by atoms with Crippen LogP contribution < -0.4 is 10.6 Å². The molecular weight excluding hydrogens is 437 g/mol. The van der Waals surface area contributed by atoms with Gasteiger partial charge in [0, 0.05) is 39.3 Å². The van der Waals surface area contributed by atoms with Crippen molar-refractivity contribution < 1.29 is 14.0 Å². The topological polar surface area (TPSA) is 90.2 Å². The maximum Gasteiger partial charge on any atom is 0.289 e. The Labute approximate surface area is 164 Å². The van der Waals surface area contributed by atoms with Crippen molar-refractivity contribution >= 4 is 41.8 Å². The first-order valence-corrected chi connectivity index (χ1v) is 8.25. The van der Waals surface area contributed by atoms with Gasteiger partial charge in [-0.3, -0.25) is 14.6 Å². The summed E-state index contributed by atoms with van der Waals surface area (Å²) in [5, 5.41) is 6.02. The zero-order valence-electron chi connectivity index (χ0n) is 14.2. The largest absolute Gasteiger partial charge is 0.459 e. The van der Waals surface area contributed by atoms with Gasteiger partial charge in [-0.25, -0.2) is 0 Å². The molecule has 1 aromatic heterocycles. The predicted octanol–water partition coefficient (Wildman–Crippen LogP) is 0.509. The van der Waals surface area contributed by atoms with Crippen LogP contribution in [0.25, 0.3) is 0 Å². The van der Waals surface area contributed by atoms with Crippen molar-refractivity contribution in [3.05, 3.63) is 24.2 Å². The second kappa shape index (κ2) is 9.07. The minimum absolute atomic E-state index is 0. The molecule has 3 rings (SSSR count). The molecule has 2 N–H and O–H groups in total. The van der Waals surface area contributed by atoms with Gasteiger partial charge in [0.1, 0.15) is 0 Å². The van der Waals surface area contributed by atoms with Gasteiger partial charge in [-0.1, -0.05) is 0 Å². The van der Waals surface area contributed by atoms with Crippen LogP contribution >= 0.6 is 24.0 Å². The summed E-state index contributed by atoms with van der Waals surface area (Å²) < 4.78 is 5.16. The van der Waals surface area contributed by atoms with Crippen molar-refractivity contribution in [2.24, 2.45) is 4.99 Å². The van der Waals surface area contributed by atoms with Gasteiger partial charge in [0.25, 0.3) is 5.91 Å². The van der Waals surface area contributed by atoms with E-state index in [4.69, 9.17) is 4.42 Å². The molecule has 2 heterocycles. The van der Waals surface area contributed by atoms with Gasteiger partial charge in [-0.05, 0) is 25.0 Å². The highest BCUT2D eigenvalue weighted by Gasteiger charge is 2.26. The summed E-state index contributed by atoms with van der Waals surface area (Å²) in [5.41, 5.74) is 0. The van der Waals surface area contributed by atoms with Gasteiger partial charge in [-0.15, -0.1) is 24.0 Å². The average molecular weight is 461 g/mol. The Balaban J connectivity index is 0.00000225. The predicted molar refractivity (Wildman–Crippen MR) is 104 cm³/mol. The number of nitrogens with one attached hydrogen (secondary N) is 2. The summed E-state index contributed by atoms with van der Waals surface area (Å²) in [4.78, 5) is 32.1. The molecule has 0 atom stereocenters. The molecule has 8 nitrogen and oxygen atoms in total. The molecule has 1 aromatic rings. The minimum Gasteiger partial charge on any atom is -0.459 e. The van der Waals surface area contributed by atoms with E-state index in [0.717, 1.165) is 12.8 Å². The summed E-state index contributed by atoms with van der Waals surface area (Å²) in [6.45, 7) is 2.73. The normalized spacial score (nSPS) is 17.7. The van der Waals surface area contributed by atoms with E-state index in [0.29, 0.717) is 43.9 Å². The molecule has 0 radical (unpaired) electrons. The number of amides is 2. The second-order valence-electron chi connectivity index (χ2n) is 6.00. The summed E-state index contributed by atoms with van der Waals surface area (Å²) in [7, 11) is 1.70. The Hall–Kier alpha value is -1.78. The molecule has 1 aliphatic heterocycles. The smallest absolute Gasteiger partial charge is 0.289 e.